The third-order valence-corrected chi connectivity index (χ3v) is 2.26. The summed E-state index contributed by atoms with van der Waals surface area (Å²) in [5.41, 5.74) is 6.45. The van der Waals surface area contributed by atoms with E-state index in [4.69, 9.17) is 15.4 Å². The minimum Gasteiger partial charge on any atom is -0.466 e. The Hall–Kier alpha value is -1.49. The normalized spacial score (nSPS) is 14.2. The lowest BCUT2D eigenvalue weighted by molar-refractivity contribution is 0.316. The highest BCUT2D eigenvalue weighted by Crippen LogP contribution is 2.20. The van der Waals surface area contributed by atoms with Crippen molar-refractivity contribution in [1.82, 2.24) is 5.32 Å². The van der Waals surface area contributed by atoms with E-state index in [0.717, 1.165) is 17.1 Å². The molecule has 0 fully saturated rings. The van der Waals surface area contributed by atoms with Gasteiger partial charge in [-0.2, -0.15) is 0 Å². The molecule has 4 N–H and O–H groups in total. The van der Waals surface area contributed by atoms with Crippen LogP contribution in [-0.4, -0.2) is 17.6 Å². The first-order chi connectivity index (χ1) is 7.04. The molecule has 0 spiro atoms. The summed E-state index contributed by atoms with van der Waals surface area (Å²) >= 11 is 0. The molecule has 0 amide bonds. The maximum Gasteiger partial charge on any atom is 0.153 e. The van der Waals surface area contributed by atoms with Gasteiger partial charge in [0.05, 0.1) is 6.54 Å². The Morgan fingerprint density at radius 1 is 1.67 bits per heavy atom. The van der Waals surface area contributed by atoms with Crippen LogP contribution in [0.1, 0.15) is 30.0 Å². The van der Waals surface area contributed by atoms with Gasteiger partial charge in [0.25, 0.3) is 0 Å². The van der Waals surface area contributed by atoms with Crippen LogP contribution in [0.2, 0.25) is 0 Å². The number of nitrogens with one attached hydrogen (secondary N) is 1. The van der Waals surface area contributed by atoms with Gasteiger partial charge in [-0.05, 0) is 26.8 Å². The van der Waals surface area contributed by atoms with Gasteiger partial charge in [0.1, 0.15) is 11.5 Å². The van der Waals surface area contributed by atoms with Crippen LogP contribution < -0.4 is 11.1 Å². The van der Waals surface area contributed by atoms with Gasteiger partial charge in [-0.15, -0.1) is 0 Å². The predicted octanol–water partition coefficient (Wildman–Crippen LogP) is 1.29. The summed E-state index contributed by atoms with van der Waals surface area (Å²) in [5, 5.41) is 14.4. The van der Waals surface area contributed by atoms with Gasteiger partial charge in [-0.25, -0.2) is 0 Å². The Morgan fingerprint density at radius 3 is 2.80 bits per heavy atom. The zero-order valence-corrected chi connectivity index (χ0v) is 9.24. The molecule has 84 valence electrons. The summed E-state index contributed by atoms with van der Waals surface area (Å²) in [6.07, 6.45) is 0. The van der Waals surface area contributed by atoms with Gasteiger partial charge < -0.3 is 20.7 Å². The van der Waals surface area contributed by atoms with Crippen molar-refractivity contribution in [1.29, 1.82) is 0 Å². The lowest BCUT2D eigenvalue weighted by atomic mass is 10.1. The fourth-order valence-electron chi connectivity index (χ4n) is 1.48. The van der Waals surface area contributed by atoms with Gasteiger partial charge in [-0.1, -0.05) is 5.16 Å². The van der Waals surface area contributed by atoms with Gasteiger partial charge >= 0.3 is 0 Å². The van der Waals surface area contributed by atoms with Crippen molar-refractivity contribution in [3.05, 3.63) is 23.2 Å². The predicted molar refractivity (Wildman–Crippen MR) is 58.0 cm³/mol. The number of aryl methyl sites for hydroxylation is 2. The van der Waals surface area contributed by atoms with Crippen molar-refractivity contribution in [2.24, 2.45) is 10.9 Å². The van der Waals surface area contributed by atoms with E-state index in [-0.39, 0.29) is 11.9 Å². The molecule has 0 aliphatic rings. The molecule has 1 aromatic heterocycles. The average molecular weight is 211 g/mol. The second kappa shape index (κ2) is 4.84. The maximum absolute atomic E-state index is 8.38. The molecule has 0 saturated carbocycles. The Kier molecular flexibility index (Phi) is 3.74. The lowest BCUT2D eigenvalue weighted by Gasteiger charge is -2.11. The van der Waals surface area contributed by atoms with Gasteiger partial charge in [0.2, 0.25) is 0 Å². The fraction of sp³-hybridized carbons (Fsp3) is 0.500. The van der Waals surface area contributed by atoms with Crippen molar-refractivity contribution in [2.45, 2.75) is 26.8 Å². The molecule has 5 heteroatoms. The van der Waals surface area contributed by atoms with Crippen LogP contribution in [-0.2, 0) is 0 Å². The van der Waals surface area contributed by atoms with E-state index >= 15 is 0 Å². The van der Waals surface area contributed by atoms with E-state index < -0.39 is 0 Å². The lowest BCUT2D eigenvalue weighted by Crippen LogP contribution is -2.30. The molecule has 0 aliphatic carbocycles. The highest BCUT2D eigenvalue weighted by molar-refractivity contribution is 5.81. The second-order valence-corrected chi connectivity index (χ2v) is 3.56. The molecule has 1 atom stereocenters. The number of oxime groups is 1. The Morgan fingerprint density at radius 2 is 2.33 bits per heavy atom. The fourth-order valence-corrected chi connectivity index (χ4v) is 1.48. The molecule has 0 bridgehead atoms. The van der Waals surface area contributed by atoms with Gasteiger partial charge in [-0.3, -0.25) is 0 Å². The van der Waals surface area contributed by atoms with Crippen molar-refractivity contribution in [2.75, 3.05) is 6.54 Å². The third kappa shape index (κ3) is 2.99. The van der Waals surface area contributed by atoms with E-state index in [1.807, 2.05) is 26.8 Å². The first-order valence-electron chi connectivity index (χ1n) is 4.81. The summed E-state index contributed by atoms with van der Waals surface area (Å²) < 4.78 is 5.42. The number of nitrogens with zero attached hydrogens (tertiary/aromatic N) is 1. The highest BCUT2D eigenvalue weighted by atomic mass is 16.4. The largest absolute Gasteiger partial charge is 0.466 e. The monoisotopic (exact) mass is 211 g/mol. The van der Waals surface area contributed by atoms with Crippen molar-refractivity contribution < 1.29 is 9.62 Å². The van der Waals surface area contributed by atoms with E-state index in [9.17, 15) is 0 Å². The first kappa shape index (κ1) is 11.6. The molecule has 1 unspecified atom stereocenters. The number of hydrogen-bond acceptors (Lipinski definition) is 4. The summed E-state index contributed by atoms with van der Waals surface area (Å²) in [6, 6.07) is 2.10. The van der Waals surface area contributed by atoms with Crippen LogP contribution in [0.3, 0.4) is 0 Å². The average Bonchev–Trinajstić information content (AvgIpc) is 2.53. The van der Waals surface area contributed by atoms with Crippen LogP contribution in [0.5, 0.6) is 0 Å². The minimum atomic E-state index is 0.114. The summed E-state index contributed by atoms with van der Waals surface area (Å²) in [6.45, 7) is 6.18. The SMILES string of the molecule is Cc1cc(C(C)NCC(N)=NO)c(C)o1. The topological polar surface area (TPSA) is 83.8 Å². The van der Waals surface area contributed by atoms with E-state index in [1.54, 1.807) is 0 Å². The third-order valence-electron chi connectivity index (χ3n) is 2.26. The molecular formula is C10H17N3O2. The van der Waals surface area contributed by atoms with Gasteiger partial charge in [0.15, 0.2) is 5.84 Å². The molecule has 0 aliphatic heterocycles. The molecule has 15 heavy (non-hydrogen) atoms. The zero-order valence-electron chi connectivity index (χ0n) is 9.24. The second-order valence-electron chi connectivity index (χ2n) is 3.56. The molecule has 5 nitrogen and oxygen atoms in total. The summed E-state index contributed by atoms with van der Waals surface area (Å²) in [4.78, 5) is 0. The Labute approximate surface area is 88.9 Å². The number of amidine groups is 1. The van der Waals surface area contributed by atoms with Crippen LogP contribution in [0.4, 0.5) is 0 Å². The maximum atomic E-state index is 8.38. The van der Waals surface area contributed by atoms with Crippen LogP contribution >= 0.6 is 0 Å². The quantitative estimate of drug-likeness (QED) is 0.303. The molecule has 0 aromatic carbocycles. The highest BCUT2D eigenvalue weighted by Gasteiger charge is 2.12. The molecule has 1 rings (SSSR count). The Bertz CT molecular complexity index is 358. The number of nitrogens with two attached hydrogens (primary N) is 1. The van der Waals surface area contributed by atoms with Crippen LogP contribution in [0.25, 0.3) is 0 Å². The van der Waals surface area contributed by atoms with Crippen LogP contribution in [0.15, 0.2) is 15.6 Å². The van der Waals surface area contributed by atoms with Crippen LogP contribution in [0, 0.1) is 13.8 Å². The Balaban J connectivity index is 2.61. The summed E-state index contributed by atoms with van der Waals surface area (Å²) in [5.74, 6) is 1.95. The summed E-state index contributed by atoms with van der Waals surface area (Å²) in [7, 11) is 0. The molecular weight excluding hydrogens is 194 g/mol. The number of rotatable bonds is 4. The zero-order chi connectivity index (χ0) is 11.4. The number of furan rings is 1. The van der Waals surface area contributed by atoms with E-state index in [0.29, 0.717) is 6.54 Å². The van der Waals surface area contributed by atoms with Crippen molar-refractivity contribution >= 4 is 5.84 Å². The van der Waals surface area contributed by atoms with Crippen molar-refractivity contribution in [3.8, 4) is 0 Å². The molecule has 0 radical (unpaired) electrons. The number of hydrogen-bond donors (Lipinski definition) is 3. The first-order valence-corrected chi connectivity index (χ1v) is 4.81. The van der Waals surface area contributed by atoms with Crippen molar-refractivity contribution in [3.63, 3.8) is 0 Å². The molecule has 1 heterocycles. The molecule has 0 saturated heterocycles. The van der Waals surface area contributed by atoms with Gasteiger partial charge in [0, 0.05) is 11.6 Å². The minimum absolute atomic E-state index is 0.114. The smallest absolute Gasteiger partial charge is 0.153 e. The van der Waals surface area contributed by atoms with E-state index in [2.05, 4.69) is 10.5 Å². The molecule has 1 aromatic rings. The van der Waals surface area contributed by atoms with E-state index in [1.165, 1.54) is 0 Å². The standard InChI is InChI=1S/C10H17N3O2/c1-6-4-9(8(3)15-6)7(2)12-5-10(11)13-14/h4,7,12,14H,5H2,1-3H3,(H2,11,13).